The second kappa shape index (κ2) is 8.97. The summed E-state index contributed by atoms with van der Waals surface area (Å²) < 4.78 is 6.36. The van der Waals surface area contributed by atoms with Gasteiger partial charge >= 0.3 is 0 Å². The quantitative estimate of drug-likeness (QED) is 0.474. The summed E-state index contributed by atoms with van der Waals surface area (Å²) in [6, 6.07) is 14.7. The molecule has 1 aromatic heterocycles. The van der Waals surface area contributed by atoms with Crippen molar-refractivity contribution in [3.05, 3.63) is 64.9 Å². The number of halogens is 1. The molecular formula is C25H32ClNO. The van der Waals surface area contributed by atoms with Gasteiger partial charge in [0.05, 0.1) is 5.60 Å². The van der Waals surface area contributed by atoms with E-state index in [0.29, 0.717) is 0 Å². The van der Waals surface area contributed by atoms with Gasteiger partial charge in [-0.3, -0.25) is 4.98 Å². The zero-order valence-electron chi connectivity index (χ0n) is 16.8. The van der Waals surface area contributed by atoms with Crippen LogP contribution in [0.4, 0.5) is 0 Å². The predicted molar refractivity (Wildman–Crippen MR) is 116 cm³/mol. The van der Waals surface area contributed by atoms with Gasteiger partial charge in [-0.15, -0.1) is 0 Å². The Morgan fingerprint density at radius 2 is 1.75 bits per heavy atom. The Morgan fingerprint density at radius 3 is 2.54 bits per heavy atom. The lowest BCUT2D eigenvalue weighted by atomic mass is 9.67. The average Bonchev–Trinajstić information content (AvgIpc) is 3.17. The zero-order chi connectivity index (χ0) is 19.3. The molecule has 0 amide bonds. The molecule has 2 fully saturated rings. The van der Waals surface area contributed by atoms with Crippen molar-refractivity contribution in [2.24, 2.45) is 0 Å². The fraction of sp³-hybridized carbons (Fsp3) is 0.560. The summed E-state index contributed by atoms with van der Waals surface area (Å²) in [7, 11) is 0. The van der Waals surface area contributed by atoms with Crippen molar-refractivity contribution >= 4 is 11.6 Å². The summed E-state index contributed by atoms with van der Waals surface area (Å²) in [5.74, 6) is 0. The van der Waals surface area contributed by atoms with E-state index in [1.807, 2.05) is 24.4 Å². The first-order chi connectivity index (χ1) is 13.7. The third-order valence-electron chi connectivity index (χ3n) is 6.93. The lowest BCUT2D eigenvalue weighted by Gasteiger charge is -2.46. The number of aryl methyl sites for hydroxylation is 1. The first kappa shape index (κ1) is 19.9. The summed E-state index contributed by atoms with van der Waals surface area (Å²) in [6.45, 7) is 0.885. The molecule has 28 heavy (non-hydrogen) atoms. The maximum atomic E-state index is 6.36. The predicted octanol–water partition coefficient (Wildman–Crippen LogP) is 6.90. The lowest BCUT2D eigenvalue weighted by Crippen LogP contribution is -2.46. The first-order valence-electron chi connectivity index (χ1n) is 11.0. The number of unbranched alkanes of at least 4 members (excludes halogenated alkanes) is 2. The monoisotopic (exact) mass is 397 g/mol. The van der Waals surface area contributed by atoms with Crippen LogP contribution in [0, 0.1) is 0 Å². The molecule has 1 aromatic carbocycles. The maximum absolute atomic E-state index is 6.36. The van der Waals surface area contributed by atoms with E-state index in [0.717, 1.165) is 30.9 Å². The molecule has 1 aliphatic carbocycles. The molecule has 2 aliphatic rings. The molecule has 0 bridgehead atoms. The van der Waals surface area contributed by atoms with Crippen molar-refractivity contribution in [3.8, 4) is 0 Å². The smallest absolute Gasteiger partial charge is 0.0691 e. The molecule has 4 rings (SSSR count). The molecule has 0 radical (unpaired) electrons. The summed E-state index contributed by atoms with van der Waals surface area (Å²) in [6.07, 6.45) is 15.3. The van der Waals surface area contributed by atoms with Crippen LogP contribution in [0.2, 0.25) is 5.02 Å². The van der Waals surface area contributed by atoms with Gasteiger partial charge in [0.15, 0.2) is 0 Å². The number of ether oxygens (including phenoxy) is 1. The van der Waals surface area contributed by atoms with E-state index in [4.69, 9.17) is 21.3 Å². The highest BCUT2D eigenvalue weighted by molar-refractivity contribution is 6.31. The molecule has 1 spiro atoms. The average molecular weight is 398 g/mol. The number of pyridine rings is 1. The minimum absolute atomic E-state index is 0.118. The van der Waals surface area contributed by atoms with Gasteiger partial charge in [-0.1, -0.05) is 61.5 Å². The topological polar surface area (TPSA) is 22.1 Å². The summed E-state index contributed by atoms with van der Waals surface area (Å²) in [4.78, 5) is 4.81. The van der Waals surface area contributed by atoms with Crippen LogP contribution >= 0.6 is 11.6 Å². The van der Waals surface area contributed by atoms with Gasteiger partial charge in [-0.05, 0) is 68.7 Å². The lowest BCUT2D eigenvalue weighted by molar-refractivity contribution is -0.104. The molecule has 1 aliphatic heterocycles. The molecule has 2 nitrogen and oxygen atoms in total. The number of hydrogen-bond acceptors (Lipinski definition) is 2. The van der Waals surface area contributed by atoms with Crippen molar-refractivity contribution < 1.29 is 4.74 Å². The van der Waals surface area contributed by atoms with Gasteiger partial charge in [-0.2, -0.15) is 0 Å². The molecule has 1 saturated heterocycles. The number of rotatable bonds is 7. The second-order valence-corrected chi connectivity index (χ2v) is 9.22. The van der Waals surface area contributed by atoms with Gasteiger partial charge in [0.2, 0.25) is 0 Å². The van der Waals surface area contributed by atoms with Crippen LogP contribution in [0.3, 0.4) is 0 Å². The molecule has 0 unspecified atom stereocenters. The molecular weight excluding hydrogens is 366 g/mol. The molecule has 2 heterocycles. The van der Waals surface area contributed by atoms with Crippen LogP contribution in [-0.4, -0.2) is 17.2 Å². The van der Waals surface area contributed by atoms with Gasteiger partial charge in [0, 0.05) is 28.9 Å². The number of benzene rings is 1. The van der Waals surface area contributed by atoms with Crippen molar-refractivity contribution in [3.63, 3.8) is 0 Å². The molecule has 2 aromatic rings. The Hall–Kier alpha value is -1.38. The van der Waals surface area contributed by atoms with E-state index in [9.17, 15) is 0 Å². The van der Waals surface area contributed by atoms with E-state index in [1.54, 1.807) is 0 Å². The third kappa shape index (κ3) is 4.44. The van der Waals surface area contributed by atoms with Crippen molar-refractivity contribution in [1.29, 1.82) is 0 Å². The van der Waals surface area contributed by atoms with E-state index in [-0.39, 0.29) is 11.0 Å². The third-order valence-corrected chi connectivity index (χ3v) is 7.30. The van der Waals surface area contributed by atoms with Crippen molar-refractivity contribution in [2.45, 2.75) is 81.6 Å². The summed E-state index contributed by atoms with van der Waals surface area (Å²) in [5.41, 5.74) is 2.87. The Labute approximate surface area is 174 Å². The van der Waals surface area contributed by atoms with E-state index in [1.165, 1.54) is 62.6 Å². The fourth-order valence-corrected chi connectivity index (χ4v) is 5.68. The van der Waals surface area contributed by atoms with Crippen LogP contribution in [0.5, 0.6) is 0 Å². The number of nitrogens with zero attached hydrogens (tertiary/aromatic N) is 1. The molecule has 1 saturated carbocycles. The summed E-state index contributed by atoms with van der Waals surface area (Å²) >= 11 is 6.31. The van der Waals surface area contributed by atoms with Crippen LogP contribution in [0.25, 0.3) is 0 Å². The Balaban J connectivity index is 1.40. The highest BCUT2D eigenvalue weighted by atomic mass is 35.5. The van der Waals surface area contributed by atoms with Crippen LogP contribution in [0.1, 0.15) is 75.5 Å². The van der Waals surface area contributed by atoms with E-state index >= 15 is 0 Å². The minimum Gasteiger partial charge on any atom is -0.375 e. The second-order valence-electron chi connectivity index (χ2n) is 8.81. The first-order valence-corrected chi connectivity index (χ1v) is 11.4. The summed E-state index contributed by atoms with van der Waals surface area (Å²) in [5, 5.41) is 0.903. The Bertz CT molecular complexity index is 756. The Kier molecular flexibility index (Phi) is 6.38. The number of aromatic nitrogens is 1. The van der Waals surface area contributed by atoms with E-state index < -0.39 is 0 Å². The van der Waals surface area contributed by atoms with Crippen LogP contribution in [0.15, 0.2) is 48.7 Å². The van der Waals surface area contributed by atoms with Crippen LogP contribution < -0.4 is 0 Å². The molecule has 150 valence electrons. The van der Waals surface area contributed by atoms with Gasteiger partial charge < -0.3 is 4.74 Å². The minimum atomic E-state index is 0.118. The highest BCUT2D eigenvalue weighted by Crippen LogP contribution is 2.50. The van der Waals surface area contributed by atoms with E-state index in [2.05, 4.69) is 24.3 Å². The molecule has 1 atom stereocenters. The molecule has 3 heteroatoms. The zero-order valence-corrected chi connectivity index (χ0v) is 17.6. The standard InChI is InChI=1S/C25H32ClNO/c26-22-12-4-3-11-21(22)10-2-1-6-14-24(23-13-5-9-18-27-23)17-19-28-25(20-24)15-7-8-16-25/h3-5,9,11-13,18H,1-2,6-8,10,14-17,19-20H2/t24-/m1/s1. The normalized spacial score (nSPS) is 23.9. The number of hydrogen-bond donors (Lipinski definition) is 0. The van der Waals surface area contributed by atoms with Gasteiger partial charge in [-0.25, -0.2) is 0 Å². The highest BCUT2D eigenvalue weighted by Gasteiger charge is 2.48. The fourth-order valence-electron chi connectivity index (χ4n) is 5.45. The SMILES string of the molecule is Clc1ccccc1CCCCC[C@@]1(c2ccccn2)CCOC2(CCCC2)C1. The van der Waals surface area contributed by atoms with Crippen molar-refractivity contribution in [2.75, 3.05) is 6.61 Å². The van der Waals surface area contributed by atoms with Crippen molar-refractivity contribution in [1.82, 2.24) is 4.98 Å². The van der Waals surface area contributed by atoms with Crippen LogP contribution in [-0.2, 0) is 16.6 Å². The maximum Gasteiger partial charge on any atom is 0.0691 e. The Morgan fingerprint density at radius 1 is 0.929 bits per heavy atom. The molecule has 0 N–H and O–H groups in total. The largest absolute Gasteiger partial charge is 0.375 e. The van der Waals surface area contributed by atoms with Gasteiger partial charge in [0.1, 0.15) is 0 Å². The van der Waals surface area contributed by atoms with Gasteiger partial charge in [0.25, 0.3) is 0 Å².